The number of carbonyl (C=O) groups excluding carboxylic acids is 2. The standard InChI is InChI=1S/C30H36O2/c1-28(2,3)21-13-15-12-19-20(27(32)23-17-11-10-16(17)22(23)26(19)31)14-18(15)24(29(4,5)6)25(21)30(7,8)9/h10-14,16-17,22-23H,1-9H3/t16-,17+,22?,23?/m1/s1. The fourth-order valence-electron chi connectivity index (χ4n) is 6.46. The van der Waals surface area contributed by atoms with Crippen molar-refractivity contribution >= 4 is 22.3 Å². The third-order valence-electron chi connectivity index (χ3n) is 7.94. The first-order valence-electron chi connectivity index (χ1n) is 12.1. The summed E-state index contributed by atoms with van der Waals surface area (Å²) in [7, 11) is 0. The van der Waals surface area contributed by atoms with E-state index in [2.05, 4.69) is 86.6 Å². The van der Waals surface area contributed by atoms with Crippen molar-refractivity contribution in [2.24, 2.45) is 23.7 Å². The van der Waals surface area contributed by atoms with Gasteiger partial charge in [0.2, 0.25) is 0 Å². The Hall–Kier alpha value is -2.22. The number of rotatable bonds is 0. The maximum atomic E-state index is 13.5. The number of hydrogen-bond donors (Lipinski definition) is 0. The average molecular weight is 429 g/mol. The summed E-state index contributed by atoms with van der Waals surface area (Å²) >= 11 is 0. The molecular weight excluding hydrogens is 392 g/mol. The Labute approximate surface area is 192 Å². The highest BCUT2D eigenvalue weighted by Crippen LogP contribution is 2.58. The molecule has 2 aromatic rings. The second-order valence-electron chi connectivity index (χ2n) is 13.4. The molecule has 168 valence electrons. The molecule has 0 amide bonds. The van der Waals surface area contributed by atoms with Gasteiger partial charge in [0.15, 0.2) is 11.6 Å². The molecule has 0 radical (unpaired) electrons. The molecule has 3 aliphatic carbocycles. The summed E-state index contributed by atoms with van der Waals surface area (Å²) in [5, 5.41) is 2.22. The van der Waals surface area contributed by atoms with Crippen LogP contribution in [0.3, 0.4) is 0 Å². The van der Waals surface area contributed by atoms with Crippen molar-refractivity contribution in [1.29, 1.82) is 0 Å². The summed E-state index contributed by atoms with van der Waals surface area (Å²) in [4.78, 5) is 27.0. The van der Waals surface area contributed by atoms with Crippen LogP contribution in [0, 0.1) is 23.7 Å². The molecule has 0 N–H and O–H groups in total. The smallest absolute Gasteiger partial charge is 0.168 e. The van der Waals surface area contributed by atoms with Crippen LogP contribution in [0.1, 0.15) is 99.7 Å². The average Bonchev–Trinajstić information content (AvgIpc) is 2.62. The van der Waals surface area contributed by atoms with Crippen LogP contribution >= 0.6 is 0 Å². The monoisotopic (exact) mass is 428 g/mol. The van der Waals surface area contributed by atoms with E-state index in [-0.39, 0.29) is 51.5 Å². The third-order valence-corrected chi connectivity index (χ3v) is 7.94. The Morgan fingerprint density at radius 2 is 1.06 bits per heavy atom. The zero-order chi connectivity index (χ0) is 23.5. The van der Waals surface area contributed by atoms with Crippen LogP contribution in [0.4, 0.5) is 0 Å². The van der Waals surface area contributed by atoms with Crippen molar-refractivity contribution in [2.45, 2.75) is 78.6 Å². The number of allylic oxidation sites excluding steroid dienone is 2. The number of fused-ring (bicyclic) bond motifs is 6. The molecule has 0 bridgehead atoms. The van der Waals surface area contributed by atoms with Gasteiger partial charge in [0.25, 0.3) is 0 Å². The second-order valence-corrected chi connectivity index (χ2v) is 13.4. The van der Waals surface area contributed by atoms with Gasteiger partial charge < -0.3 is 0 Å². The van der Waals surface area contributed by atoms with E-state index in [1.54, 1.807) is 0 Å². The molecule has 5 rings (SSSR count). The van der Waals surface area contributed by atoms with Crippen molar-refractivity contribution in [3.05, 3.63) is 58.2 Å². The minimum absolute atomic E-state index is 0.0322. The zero-order valence-electron chi connectivity index (χ0n) is 21.0. The minimum Gasteiger partial charge on any atom is -0.294 e. The van der Waals surface area contributed by atoms with Gasteiger partial charge in [-0.1, -0.05) is 80.5 Å². The predicted molar refractivity (Wildman–Crippen MR) is 132 cm³/mol. The lowest BCUT2D eigenvalue weighted by Gasteiger charge is -2.55. The molecule has 1 fully saturated rings. The van der Waals surface area contributed by atoms with Gasteiger partial charge in [-0.05, 0) is 67.7 Å². The van der Waals surface area contributed by atoms with Crippen LogP contribution in [-0.4, -0.2) is 11.6 Å². The minimum atomic E-state index is -0.142. The summed E-state index contributed by atoms with van der Waals surface area (Å²) in [5.41, 5.74) is 5.14. The molecule has 2 heteroatoms. The molecular formula is C30H36O2. The maximum Gasteiger partial charge on any atom is 0.168 e. The fraction of sp³-hybridized carbons (Fsp3) is 0.533. The summed E-state index contributed by atoms with van der Waals surface area (Å²) in [5.74, 6) is 0.618. The summed E-state index contributed by atoms with van der Waals surface area (Å²) in [6.45, 7) is 20.5. The quantitative estimate of drug-likeness (QED) is 0.417. The van der Waals surface area contributed by atoms with E-state index < -0.39 is 0 Å². The van der Waals surface area contributed by atoms with E-state index in [1.165, 1.54) is 16.7 Å². The lowest BCUT2D eigenvalue weighted by molar-refractivity contribution is 0.0180. The number of carbonyl (C=O) groups is 2. The van der Waals surface area contributed by atoms with Crippen molar-refractivity contribution in [1.82, 2.24) is 0 Å². The third kappa shape index (κ3) is 2.77. The van der Waals surface area contributed by atoms with E-state index in [4.69, 9.17) is 0 Å². The van der Waals surface area contributed by atoms with Crippen molar-refractivity contribution in [2.75, 3.05) is 0 Å². The highest BCUT2D eigenvalue weighted by atomic mass is 16.1. The van der Waals surface area contributed by atoms with Gasteiger partial charge in [-0.25, -0.2) is 0 Å². The number of benzene rings is 2. The first-order valence-corrected chi connectivity index (χ1v) is 12.1. The number of hydrogen-bond acceptors (Lipinski definition) is 2. The highest BCUT2D eigenvalue weighted by Gasteiger charge is 2.60. The summed E-state index contributed by atoms with van der Waals surface area (Å²) < 4.78 is 0. The van der Waals surface area contributed by atoms with E-state index in [1.807, 2.05) is 6.07 Å². The van der Waals surface area contributed by atoms with E-state index in [0.717, 1.165) is 10.8 Å². The lowest BCUT2D eigenvalue weighted by atomic mass is 9.46. The van der Waals surface area contributed by atoms with Gasteiger partial charge in [0.1, 0.15) is 0 Å². The normalized spacial score (nSPS) is 26.9. The van der Waals surface area contributed by atoms with E-state index in [9.17, 15) is 9.59 Å². The van der Waals surface area contributed by atoms with Gasteiger partial charge in [0.05, 0.1) is 0 Å². The second kappa shape index (κ2) is 6.22. The molecule has 0 spiro atoms. The van der Waals surface area contributed by atoms with Crippen molar-refractivity contribution in [3.8, 4) is 0 Å². The molecule has 4 atom stereocenters. The first-order chi connectivity index (χ1) is 14.6. The van der Waals surface area contributed by atoms with Crippen LogP contribution in [0.5, 0.6) is 0 Å². The van der Waals surface area contributed by atoms with Crippen LogP contribution < -0.4 is 0 Å². The Kier molecular flexibility index (Phi) is 4.20. The molecule has 2 nitrogen and oxygen atoms in total. The van der Waals surface area contributed by atoms with Crippen LogP contribution in [0.15, 0.2) is 30.4 Å². The van der Waals surface area contributed by atoms with Crippen LogP contribution in [0.25, 0.3) is 10.8 Å². The van der Waals surface area contributed by atoms with Gasteiger partial charge in [-0.3, -0.25) is 9.59 Å². The lowest BCUT2D eigenvalue weighted by Crippen LogP contribution is -2.58. The molecule has 0 heterocycles. The van der Waals surface area contributed by atoms with E-state index >= 15 is 0 Å². The van der Waals surface area contributed by atoms with Crippen LogP contribution in [0.2, 0.25) is 0 Å². The molecule has 2 aromatic carbocycles. The Bertz CT molecular complexity index is 1220. The molecule has 0 saturated heterocycles. The first kappa shape index (κ1) is 21.6. The van der Waals surface area contributed by atoms with Gasteiger partial charge in [-0.15, -0.1) is 0 Å². The largest absolute Gasteiger partial charge is 0.294 e. The van der Waals surface area contributed by atoms with Gasteiger partial charge >= 0.3 is 0 Å². The molecule has 1 saturated carbocycles. The Morgan fingerprint density at radius 3 is 1.47 bits per heavy atom. The molecule has 2 unspecified atom stereocenters. The molecule has 0 aliphatic heterocycles. The van der Waals surface area contributed by atoms with Crippen molar-refractivity contribution < 1.29 is 9.59 Å². The molecule has 3 aliphatic rings. The molecule has 0 aromatic heterocycles. The van der Waals surface area contributed by atoms with Crippen LogP contribution in [-0.2, 0) is 16.2 Å². The van der Waals surface area contributed by atoms with Gasteiger partial charge in [-0.2, -0.15) is 0 Å². The van der Waals surface area contributed by atoms with Gasteiger partial charge in [0, 0.05) is 23.0 Å². The fourth-order valence-corrected chi connectivity index (χ4v) is 6.46. The Balaban J connectivity index is 1.87. The van der Waals surface area contributed by atoms with E-state index in [0.29, 0.717) is 11.1 Å². The zero-order valence-corrected chi connectivity index (χ0v) is 21.0. The number of Topliss-reactive ketones (excluding diaryl/α,β-unsaturated/α-hetero) is 2. The SMILES string of the molecule is CC(C)(C)c1cc2cc3c(cc2c(C(C)(C)C)c1C(C)(C)C)C(=O)C1C(C3=O)[C@@H]2C=C[C@H]12. The van der Waals surface area contributed by atoms with Crippen molar-refractivity contribution in [3.63, 3.8) is 0 Å². The Morgan fingerprint density at radius 1 is 0.594 bits per heavy atom. The number of ketones is 2. The summed E-state index contributed by atoms with van der Waals surface area (Å²) in [6.07, 6.45) is 4.24. The topological polar surface area (TPSA) is 34.1 Å². The predicted octanol–water partition coefficient (Wildman–Crippen LogP) is 7.16. The summed E-state index contributed by atoms with van der Waals surface area (Å²) in [6, 6.07) is 6.40. The highest BCUT2D eigenvalue weighted by molar-refractivity contribution is 6.20. The molecule has 32 heavy (non-hydrogen) atoms. The maximum absolute atomic E-state index is 13.5.